The minimum Gasteiger partial charge on any atom is -0.370 e. The number of hydrogen-bond acceptors (Lipinski definition) is 7. The van der Waals surface area contributed by atoms with E-state index in [0.29, 0.717) is 5.95 Å². The van der Waals surface area contributed by atoms with Gasteiger partial charge < -0.3 is 16.8 Å². The average Bonchev–Trinajstić information content (AvgIpc) is 2.78. The highest BCUT2D eigenvalue weighted by atomic mass is 16.1. The Labute approximate surface area is 115 Å². The summed E-state index contributed by atoms with van der Waals surface area (Å²) >= 11 is 0. The average molecular weight is 276 g/mol. The van der Waals surface area contributed by atoms with Crippen molar-refractivity contribution in [3.8, 4) is 5.95 Å². The molecule has 9 nitrogen and oxygen atoms in total. The van der Waals surface area contributed by atoms with E-state index in [9.17, 15) is 4.79 Å². The minimum absolute atomic E-state index is 0.0704. The lowest BCUT2D eigenvalue weighted by atomic mass is 10.0. The lowest BCUT2D eigenvalue weighted by Gasteiger charge is -2.24. The van der Waals surface area contributed by atoms with Crippen LogP contribution in [0.1, 0.15) is 20.3 Å². The SMILES string of the molecule is CC(C)(CC(N)=O)Nc1nc(N)nc(-n2ccnc2)n1. The van der Waals surface area contributed by atoms with E-state index in [2.05, 4.69) is 25.3 Å². The Kier molecular flexibility index (Phi) is 3.51. The lowest BCUT2D eigenvalue weighted by Crippen LogP contribution is -2.36. The Morgan fingerprint density at radius 3 is 2.75 bits per heavy atom. The second-order valence-electron chi connectivity index (χ2n) is 4.94. The maximum absolute atomic E-state index is 11.0. The van der Waals surface area contributed by atoms with Crippen LogP contribution in [0.4, 0.5) is 11.9 Å². The van der Waals surface area contributed by atoms with Crippen molar-refractivity contribution in [2.24, 2.45) is 5.73 Å². The number of amides is 1. The van der Waals surface area contributed by atoms with Crippen molar-refractivity contribution in [2.75, 3.05) is 11.1 Å². The van der Waals surface area contributed by atoms with Gasteiger partial charge in [0.1, 0.15) is 6.33 Å². The zero-order valence-corrected chi connectivity index (χ0v) is 11.2. The van der Waals surface area contributed by atoms with Gasteiger partial charge in [0.15, 0.2) is 0 Å². The molecule has 0 radical (unpaired) electrons. The Hall–Kier alpha value is -2.71. The third kappa shape index (κ3) is 3.40. The number of nitrogens with one attached hydrogen (secondary N) is 1. The second-order valence-corrected chi connectivity index (χ2v) is 4.94. The number of anilines is 2. The first kappa shape index (κ1) is 13.7. The fourth-order valence-electron chi connectivity index (χ4n) is 1.71. The number of nitrogens with zero attached hydrogens (tertiary/aromatic N) is 5. The van der Waals surface area contributed by atoms with Gasteiger partial charge in [-0.15, -0.1) is 0 Å². The van der Waals surface area contributed by atoms with Gasteiger partial charge in [-0.2, -0.15) is 15.0 Å². The first-order valence-electron chi connectivity index (χ1n) is 5.92. The summed E-state index contributed by atoms with van der Waals surface area (Å²) in [5.41, 5.74) is 10.3. The van der Waals surface area contributed by atoms with E-state index in [1.54, 1.807) is 23.3 Å². The van der Waals surface area contributed by atoms with Crippen LogP contribution in [0.5, 0.6) is 0 Å². The number of primary amides is 1. The molecule has 2 aromatic rings. The molecule has 0 aliphatic carbocycles. The monoisotopic (exact) mass is 276 g/mol. The van der Waals surface area contributed by atoms with E-state index in [4.69, 9.17) is 11.5 Å². The van der Waals surface area contributed by atoms with Crippen LogP contribution in [0, 0.1) is 0 Å². The molecule has 0 bridgehead atoms. The topological polar surface area (TPSA) is 138 Å². The maximum atomic E-state index is 11.0. The number of nitrogens with two attached hydrogens (primary N) is 2. The van der Waals surface area contributed by atoms with Gasteiger partial charge in [-0.3, -0.25) is 9.36 Å². The molecule has 0 saturated carbocycles. The highest BCUT2D eigenvalue weighted by Crippen LogP contribution is 2.16. The molecule has 2 rings (SSSR count). The summed E-state index contributed by atoms with van der Waals surface area (Å²) in [5, 5.41) is 3.02. The summed E-state index contributed by atoms with van der Waals surface area (Å²) in [4.78, 5) is 27.2. The van der Waals surface area contributed by atoms with E-state index in [0.717, 1.165) is 0 Å². The zero-order valence-electron chi connectivity index (χ0n) is 11.2. The molecule has 0 aromatic carbocycles. The Balaban J connectivity index is 2.27. The number of rotatable bonds is 5. The second kappa shape index (κ2) is 5.11. The summed E-state index contributed by atoms with van der Waals surface area (Å²) in [6.45, 7) is 3.63. The van der Waals surface area contributed by atoms with Gasteiger partial charge in [-0.05, 0) is 13.8 Å². The van der Waals surface area contributed by atoms with Gasteiger partial charge in [0.2, 0.25) is 23.8 Å². The first-order chi connectivity index (χ1) is 9.35. The van der Waals surface area contributed by atoms with Crippen LogP contribution in [-0.4, -0.2) is 35.9 Å². The van der Waals surface area contributed by atoms with Crippen LogP contribution >= 0.6 is 0 Å². The van der Waals surface area contributed by atoms with Crippen LogP contribution < -0.4 is 16.8 Å². The molecule has 0 unspecified atom stereocenters. The molecule has 2 aromatic heterocycles. The molecule has 0 atom stereocenters. The summed E-state index contributed by atoms with van der Waals surface area (Å²) in [5.74, 6) is 0.264. The van der Waals surface area contributed by atoms with Gasteiger partial charge in [-0.1, -0.05) is 0 Å². The summed E-state index contributed by atoms with van der Waals surface area (Å²) in [7, 11) is 0. The fourth-order valence-corrected chi connectivity index (χ4v) is 1.71. The van der Waals surface area contributed by atoms with Crippen molar-refractivity contribution < 1.29 is 4.79 Å². The fraction of sp³-hybridized carbons (Fsp3) is 0.364. The van der Waals surface area contributed by atoms with Gasteiger partial charge >= 0.3 is 0 Å². The van der Waals surface area contributed by atoms with E-state index >= 15 is 0 Å². The van der Waals surface area contributed by atoms with E-state index < -0.39 is 11.4 Å². The molecule has 9 heteroatoms. The third-order valence-electron chi connectivity index (χ3n) is 2.44. The number of carbonyl (C=O) groups is 1. The minimum atomic E-state index is -0.591. The van der Waals surface area contributed by atoms with E-state index in [1.165, 1.54) is 0 Å². The Morgan fingerprint density at radius 1 is 1.40 bits per heavy atom. The largest absolute Gasteiger partial charge is 0.370 e. The molecule has 106 valence electrons. The molecule has 0 fully saturated rings. The van der Waals surface area contributed by atoms with E-state index in [1.807, 2.05) is 13.8 Å². The van der Waals surface area contributed by atoms with Crippen LogP contribution in [0.15, 0.2) is 18.7 Å². The number of carbonyl (C=O) groups excluding carboxylic acids is 1. The first-order valence-corrected chi connectivity index (χ1v) is 5.92. The van der Waals surface area contributed by atoms with Crippen molar-refractivity contribution in [3.05, 3.63) is 18.7 Å². The zero-order chi connectivity index (χ0) is 14.8. The van der Waals surface area contributed by atoms with Gasteiger partial charge in [0.25, 0.3) is 0 Å². The molecule has 0 aliphatic heterocycles. The molecular weight excluding hydrogens is 260 g/mol. The predicted octanol–water partition coefficient (Wildman–Crippen LogP) is -0.295. The Morgan fingerprint density at radius 2 is 2.15 bits per heavy atom. The predicted molar refractivity (Wildman–Crippen MR) is 72.9 cm³/mol. The van der Waals surface area contributed by atoms with Crippen molar-refractivity contribution in [3.63, 3.8) is 0 Å². The Bertz CT molecular complexity index is 607. The van der Waals surface area contributed by atoms with Crippen LogP contribution in [-0.2, 0) is 4.79 Å². The molecule has 20 heavy (non-hydrogen) atoms. The summed E-state index contributed by atoms with van der Waals surface area (Å²) in [6, 6.07) is 0. The molecule has 1 amide bonds. The number of nitrogen functional groups attached to an aromatic ring is 1. The third-order valence-corrected chi connectivity index (χ3v) is 2.44. The maximum Gasteiger partial charge on any atom is 0.241 e. The normalized spacial score (nSPS) is 11.3. The molecule has 0 aliphatic rings. The highest BCUT2D eigenvalue weighted by molar-refractivity contribution is 5.75. The number of hydrogen-bond donors (Lipinski definition) is 3. The number of imidazole rings is 1. The van der Waals surface area contributed by atoms with Gasteiger partial charge in [-0.25, -0.2) is 4.98 Å². The van der Waals surface area contributed by atoms with Crippen molar-refractivity contribution in [1.82, 2.24) is 24.5 Å². The highest BCUT2D eigenvalue weighted by Gasteiger charge is 2.22. The standard InChI is InChI=1S/C11H16N8O/c1-11(2,5-7(12)20)18-9-15-8(13)16-10(17-9)19-4-3-14-6-19/h3-4,6H,5H2,1-2H3,(H2,12,20)(H3,13,15,16,17,18). The molecule has 5 N–H and O–H groups in total. The summed E-state index contributed by atoms with van der Waals surface area (Å²) < 4.78 is 1.60. The van der Waals surface area contributed by atoms with Crippen LogP contribution in [0.2, 0.25) is 0 Å². The quantitative estimate of drug-likeness (QED) is 0.681. The van der Waals surface area contributed by atoms with Crippen LogP contribution in [0.25, 0.3) is 5.95 Å². The van der Waals surface area contributed by atoms with Crippen molar-refractivity contribution in [2.45, 2.75) is 25.8 Å². The van der Waals surface area contributed by atoms with Gasteiger partial charge in [0.05, 0.1) is 0 Å². The van der Waals surface area contributed by atoms with E-state index in [-0.39, 0.29) is 18.3 Å². The number of aromatic nitrogens is 5. The molecule has 0 spiro atoms. The molecular formula is C11H16N8O. The van der Waals surface area contributed by atoms with Crippen molar-refractivity contribution >= 4 is 17.8 Å². The van der Waals surface area contributed by atoms with Crippen molar-refractivity contribution in [1.29, 1.82) is 0 Å². The summed E-state index contributed by atoms with van der Waals surface area (Å²) in [6.07, 6.45) is 4.98. The molecule has 0 saturated heterocycles. The van der Waals surface area contributed by atoms with Crippen LogP contribution in [0.3, 0.4) is 0 Å². The molecule has 2 heterocycles. The van der Waals surface area contributed by atoms with Gasteiger partial charge in [0, 0.05) is 24.4 Å². The smallest absolute Gasteiger partial charge is 0.241 e. The lowest BCUT2D eigenvalue weighted by molar-refractivity contribution is -0.118.